The molecule has 0 spiro atoms. The van der Waals surface area contributed by atoms with Crippen molar-refractivity contribution in [2.75, 3.05) is 13.2 Å². The Balaban J connectivity index is 1.99. The van der Waals surface area contributed by atoms with E-state index in [9.17, 15) is 0 Å². The van der Waals surface area contributed by atoms with E-state index in [4.69, 9.17) is 4.52 Å². The van der Waals surface area contributed by atoms with E-state index < -0.39 is 0 Å². The molecule has 2 aliphatic heterocycles. The number of hydrogen-bond donors (Lipinski definition) is 0. The molecular formula is C13H18NOP. The van der Waals surface area contributed by atoms with Crippen molar-refractivity contribution in [3.8, 4) is 0 Å². The first-order chi connectivity index (χ1) is 7.72. The van der Waals surface area contributed by atoms with Gasteiger partial charge in [-0.25, -0.2) is 0 Å². The first-order valence-electron chi connectivity index (χ1n) is 5.97. The van der Waals surface area contributed by atoms with Crippen LogP contribution in [0.4, 0.5) is 0 Å². The van der Waals surface area contributed by atoms with Gasteiger partial charge in [0.2, 0.25) is 0 Å². The van der Waals surface area contributed by atoms with E-state index in [0.717, 1.165) is 0 Å². The largest absolute Gasteiger partial charge is 0.331 e. The zero-order valence-electron chi connectivity index (χ0n) is 9.89. The Hall–Kier alpha value is -0.430. The summed E-state index contributed by atoms with van der Waals surface area (Å²) in [7, 11) is -0.384. The second-order valence-corrected chi connectivity index (χ2v) is 6.47. The fraction of sp³-hybridized carbons (Fsp3) is 0.538. The maximum absolute atomic E-state index is 6.29. The molecule has 0 radical (unpaired) electrons. The van der Waals surface area contributed by atoms with Gasteiger partial charge in [-0.2, -0.15) is 0 Å². The molecule has 0 unspecified atom stereocenters. The van der Waals surface area contributed by atoms with Crippen LogP contribution in [-0.2, 0) is 10.1 Å². The highest BCUT2D eigenvalue weighted by Gasteiger charge is 2.51. The van der Waals surface area contributed by atoms with Crippen LogP contribution < -0.4 is 0 Å². The fourth-order valence-corrected chi connectivity index (χ4v) is 5.08. The molecule has 2 saturated heterocycles. The monoisotopic (exact) mass is 235 g/mol. The maximum Gasteiger partial charge on any atom is 0.112 e. The van der Waals surface area contributed by atoms with Crippen LogP contribution in [0.25, 0.3) is 0 Å². The second kappa shape index (κ2) is 3.80. The fourth-order valence-electron chi connectivity index (χ4n) is 3.05. The van der Waals surface area contributed by atoms with E-state index in [1.165, 1.54) is 24.9 Å². The summed E-state index contributed by atoms with van der Waals surface area (Å²) in [5.41, 5.74) is 1.25. The minimum Gasteiger partial charge on any atom is -0.331 e. The Morgan fingerprint density at radius 3 is 2.88 bits per heavy atom. The van der Waals surface area contributed by atoms with Crippen LogP contribution >= 0.6 is 8.30 Å². The van der Waals surface area contributed by atoms with Crippen LogP contribution in [0.2, 0.25) is 0 Å². The lowest BCUT2D eigenvalue weighted by atomic mass is 9.87. The minimum absolute atomic E-state index is 0.0851. The molecule has 0 saturated carbocycles. The Morgan fingerprint density at radius 2 is 2.12 bits per heavy atom. The van der Waals surface area contributed by atoms with E-state index in [1.54, 1.807) is 0 Å². The number of fused-ring (bicyclic) bond motifs is 1. The normalized spacial score (nSPS) is 38.9. The van der Waals surface area contributed by atoms with Gasteiger partial charge >= 0.3 is 0 Å². The van der Waals surface area contributed by atoms with Gasteiger partial charge in [0.1, 0.15) is 13.9 Å². The smallest absolute Gasteiger partial charge is 0.112 e. The summed E-state index contributed by atoms with van der Waals surface area (Å²) in [5.74, 6) is 0. The third-order valence-corrected chi connectivity index (χ3v) is 5.74. The van der Waals surface area contributed by atoms with Gasteiger partial charge in [0, 0.05) is 12.6 Å². The number of benzene rings is 1. The molecule has 0 N–H and O–H groups in total. The summed E-state index contributed by atoms with van der Waals surface area (Å²) in [6.45, 7) is 5.72. The molecule has 0 bridgehead atoms. The highest BCUT2D eigenvalue weighted by molar-refractivity contribution is 7.49. The van der Waals surface area contributed by atoms with Gasteiger partial charge in [-0.1, -0.05) is 30.3 Å². The summed E-state index contributed by atoms with van der Waals surface area (Å²) in [4.78, 5) is 0. The topological polar surface area (TPSA) is 12.5 Å². The van der Waals surface area contributed by atoms with Crippen molar-refractivity contribution in [2.24, 2.45) is 0 Å². The Morgan fingerprint density at radius 1 is 1.38 bits per heavy atom. The van der Waals surface area contributed by atoms with Gasteiger partial charge < -0.3 is 4.52 Å². The standard InChI is InChI=1S/C13H18NOP/c1-13(11-7-4-3-5-8-11)12-9-6-10-14(12)16(2)15-13/h3-5,7-8,12H,6,9-10H2,1-2H3/t12-,13+,16+/m0/s1. The molecule has 3 heteroatoms. The predicted octanol–water partition coefficient (Wildman–Crippen LogP) is 3.34. The molecule has 2 fully saturated rings. The van der Waals surface area contributed by atoms with Crippen molar-refractivity contribution < 1.29 is 4.52 Å². The first kappa shape index (κ1) is 10.7. The van der Waals surface area contributed by atoms with Crippen molar-refractivity contribution in [1.29, 1.82) is 0 Å². The number of rotatable bonds is 1. The SMILES string of the molecule is C[P@@]1O[C@](C)(c2ccccc2)[C@@H]2CCCN21. The van der Waals surface area contributed by atoms with Crippen LogP contribution in [-0.4, -0.2) is 23.9 Å². The predicted molar refractivity (Wildman–Crippen MR) is 67.5 cm³/mol. The molecule has 2 heterocycles. The van der Waals surface area contributed by atoms with Gasteiger partial charge in [-0.05, 0) is 32.0 Å². The number of nitrogens with zero attached hydrogens (tertiary/aromatic N) is 1. The minimum atomic E-state index is -0.384. The van der Waals surface area contributed by atoms with Crippen LogP contribution in [0, 0.1) is 0 Å². The van der Waals surface area contributed by atoms with Crippen molar-refractivity contribution in [3.05, 3.63) is 35.9 Å². The van der Waals surface area contributed by atoms with Gasteiger partial charge in [-0.15, -0.1) is 0 Å². The van der Waals surface area contributed by atoms with Crippen molar-refractivity contribution in [2.45, 2.75) is 31.4 Å². The van der Waals surface area contributed by atoms with Crippen molar-refractivity contribution in [3.63, 3.8) is 0 Å². The first-order valence-corrected chi connectivity index (χ1v) is 7.63. The molecule has 1 aromatic rings. The van der Waals surface area contributed by atoms with Gasteiger partial charge in [0.25, 0.3) is 0 Å². The highest BCUT2D eigenvalue weighted by atomic mass is 31.2. The highest BCUT2D eigenvalue weighted by Crippen LogP contribution is 2.60. The van der Waals surface area contributed by atoms with E-state index in [2.05, 4.69) is 48.6 Å². The van der Waals surface area contributed by atoms with E-state index >= 15 is 0 Å². The third-order valence-electron chi connectivity index (χ3n) is 3.89. The zero-order chi connectivity index (χ0) is 11.2. The summed E-state index contributed by atoms with van der Waals surface area (Å²) < 4.78 is 8.86. The average molecular weight is 235 g/mol. The molecule has 16 heavy (non-hydrogen) atoms. The summed E-state index contributed by atoms with van der Waals surface area (Å²) in [6.07, 6.45) is 2.60. The Kier molecular flexibility index (Phi) is 2.54. The zero-order valence-corrected chi connectivity index (χ0v) is 10.8. The van der Waals surface area contributed by atoms with Crippen LogP contribution in [0.3, 0.4) is 0 Å². The quantitative estimate of drug-likeness (QED) is 0.692. The molecule has 0 amide bonds. The molecule has 1 aromatic carbocycles. The molecule has 2 aliphatic rings. The van der Waals surface area contributed by atoms with Crippen LogP contribution in [0.5, 0.6) is 0 Å². The van der Waals surface area contributed by atoms with E-state index in [-0.39, 0.29) is 13.9 Å². The van der Waals surface area contributed by atoms with Crippen molar-refractivity contribution >= 4 is 8.30 Å². The Labute approximate surface area is 98.5 Å². The van der Waals surface area contributed by atoms with Crippen LogP contribution in [0.1, 0.15) is 25.3 Å². The summed E-state index contributed by atoms with van der Waals surface area (Å²) in [6, 6.07) is 11.3. The second-order valence-electron chi connectivity index (χ2n) is 4.85. The molecule has 0 aromatic heterocycles. The van der Waals surface area contributed by atoms with E-state index in [1.807, 2.05) is 0 Å². The van der Waals surface area contributed by atoms with Gasteiger partial charge in [-0.3, -0.25) is 4.67 Å². The maximum atomic E-state index is 6.29. The van der Waals surface area contributed by atoms with Gasteiger partial charge in [0.05, 0.1) is 0 Å². The van der Waals surface area contributed by atoms with Crippen LogP contribution in [0.15, 0.2) is 30.3 Å². The third kappa shape index (κ3) is 1.44. The van der Waals surface area contributed by atoms with Crippen molar-refractivity contribution in [1.82, 2.24) is 4.67 Å². The lowest BCUT2D eigenvalue weighted by Crippen LogP contribution is -2.36. The molecule has 0 aliphatic carbocycles. The Bertz CT molecular complexity index is 383. The molecular weight excluding hydrogens is 217 g/mol. The van der Waals surface area contributed by atoms with E-state index in [0.29, 0.717) is 6.04 Å². The summed E-state index contributed by atoms with van der Waals surface area (Å²) in [5, 5.41) is 0. The van der Waals surface area contributed by atoms with Gasteiger partial charge in [0.15, 0.2) is 0 Å². The summed E-state index contributed by atoms with van der Waals surface area (Å²) >= 11 is 0. The molecule has 86 valence electrons. The number of hydrogen-bond acceptors (Lipinski definition) is 2. The molecule has 3 rings (SSSR count). The average Bonchev–Trinajstić information content (AvgIpc) is 2.86. The molecule has 3 atom stereocenters. The lowest BCUT2D eigenvalue weighted by molar-refractivity contribution is 0.0888. The lowest BCUT2D eigenvalue weighted by Gasteiger charge is -2.29. The molecule has 2 nitrogen and oxygen atoms in total.